The zero-order valence-corrected chi connectivity index (χ0v) is 15.1. The minimum absolute atomic E-state index is 0.156. The predicted octanol–water partition coefficient (Wildman–Crippen LogP) is 5.64. The minimum atomic E-state index is -0.156. The van der Waals surface area contributed by atoms with Gasteiger partial charge >= 0.3 is 0 Å². The van der Waals surface area contributed by atoms with Crippen molar-refractivity contribution < 1.29 is 0 Å². The topological polar surface area (TPSA) is 25.8 Å². The lowest BCUT2D eigenvalue weighted by molar-refractivity contribution is 0.330. The van der Waals surface area contributed by atoms with Crippen molar-refractivity contribution in [3.8, 4) is 0 Å². The van der Waals surface area contributed by atoms with Gasteiger partial charge in [0.1, 0.15) is 16.1 Å². The lowest BCUT2D eigenvalue weighted by atomic mass is 9.69. The molecule has 0 aliphatic heterocycles. The van der Waals surface area contributed by atoms with Crippen LogP contribution in [0.1, 0.15) is 43.5 Å². The molecule has 1 heterocycles. The van der Waals surface area contributed by atoms with Gasteiger partial charge in [0.2, 0.25) is 0 Å². The molecule has 2 aromatic rings. The normalized spacial score (nSPS) is 17.7. The molecule has 1 aliphatic carbocycles. The van der Waals surface area contributed by atoms with Gasteiger partial charge in [0.05, 0.1) is 8.99 Å². The third-order valence-corrected chi connectivity index (χ3v) is 6.44. The van der Waals surface area contributed by atoms with E-state index in [1.54, 1.807) is 0 Å². The summed E-state index contributed by atoms with van der Waals surface area (Å²) in [7, 11) is 0. The van der Waals surface area contributed by atoms with Crippen LogP contribution in [-0.4, -0.2) is 9.97 Å². The third kappa shape index (κ3) is 2.92. The van der Waals surface area contributed by atoms with Crippen LogP contribution >= 0.6 is 45.8 Å². The third-order valence-electron chi connectivity index (χ3n) is 4.23. The van der Waals surface area contributed by atoms with Crippen LogP contribution in [0, 0.1) is 3.57 Å². The van der Waals surface area contributed by atoms with Crippen LogP contribution in [0.5, 0.6) is 0 Å². The Morgan fingerprint density at radius 3 is 2.05 bits per heavy atom. The van der Waals surface area contributed by atoms with Gasteiger partial charge in [-0.05, 0) is 41.0 Å². The summed E-state index contributed by atoms with van der Waals surface area (Å²) >= 11 is 14.6. The highest BCUT2D eigenvalue weighted by atomic mass is 127. The van der Waals surface area contributed by atoms with E-state index in [1.165, 1.54) is 24.8 Å². The molecule has 1 aromatic carbocycles. The van der Waals surface area contributed by atoms with E-state index in [2.05, 4.69) is 56.8 Å². The maximum absolute atomic E-state index is 6.24. The quantitative estimate of drug-likeness (QED) is 0.453. The summed E-state index contributed by atoms with van der Waals surface area (Å²) in [5.74, 6) is 0.767. The number of halogens is 3. The average Bonchev–Trinajstić information content (AvgIpc) is 2.53. The van der Waals surface area contributed by atoms with Gasteiger partial charge < -0.3 is 0 Å². The summed E-state index contributed by atoms with van der Waals surface area (Å²) in [5.41, 5.74) is 1.11. The molecule has 1 aromatic heterocycles. The second kappa shape index (κ2) is 6.39. The van der Waals surface area contributed by atoms with Crippen LogP contribution in [0.15, 0.2) is 30.3 Å². The molecule has 110 valence electrons. The van der Waals surface area contributed by atoms with E-state index >= 15 is 0 Å². The Balaban J connectivity index is 2.17. The molecule has 3 rings (SSSR count). The highest BCUT2D eigenvalue weighted by Gasteiger charge is 2.39. The van der Waals surface area contributed by atoms with Gasteiger partial charge in [0.25, 0.3) is 0 Å². The van der Waals surface area contributed by atoms with Crippen LogP contribution in [0.25, 0.3) is 0 Å². The maximum Gasteiger partial charge on any atom is 0.147 e. The Kier molecular flexibility index (Phi) is 4.71. The lowest BCUT2D eigenvalue weighted by Gasteiger charge is -2.36. The first-order valence-electron chi connectivity index (χ1n) is 7.08. The Labute approximate surface area is 148 Å². The molecular formula is C16H15Cl2IN2. The molecule has 0 spiro atoms. The number of aromatic nitrogens is 2. The summed E-state index contributed by atoms with van der Waals surface area (Å²) in [6.45, 7) is 0. The molecule has 0 amide bonds. The Bertz CT molecular complexity index is 617. The molecule has 0 saturated heterocycles. The van der Waals surface area contributed by atoms with Crippen molar-refractivity contribution in [1.82, 2.24) is 9.97 Å². The molecule has 2 nitrogen and oxygen atoms in total. The first kappa shape index (κ1) is 15.5. The van der Waals surface area contributed by atoms with E-state index in [9.17, 15) is 0 Å². The minimum Gasteiger partial charge on any atom is -0.219 e. The van der Waals surface area contributed by atoms with Crippen molar-refractivity contribution in [3.05, 3.63) is 55.6 Å². The summed E-state index contributed by atoms with van der Waals surface area (Å²) in [5, 5.41) is 0.901. The highest BCUT2D eigenvalue weighted by molar-refractivity contribution is 14.1. The van der Waals surface area contributed by atoms with Gasteiger partial charge in [-0.15, -0.1) is 0 Å². The molecule has 0 N–H and O–H groups in total. The number of rotatable bonds is 2. The largest absolute Gasteiger partial charge is 0.219 e. The van der Waals surface area contributed by atoms with E-state index in [0.29, 0.717) is 10.3 Å². The molecule has 1 aliphatic rings. The fourth-order valence-electron chi connectivity index (χ4n) is 3.16. The van der Waals surface area contributed by atoms with Gasteiger partial charge in [0, 0.05) is 0 Å². The molecule has 21 heavy (non-hydrogen) atoms. The zero-order valence-electron chi connectivity index (χ0n) is 11.5. The number of hydrogen-bond acceptors (Lipinski definition) is 2. The second-order valence-electron chi connectivity index (χ2n) is 5.45. The molecule has 1 saturated carbocycles. The Morgan fingerprint density at radius 2 is 1.48 bits per heavy atom. The van der Waals surface area contributed by atoms with Crippen molar-refractivity contribution >= 4 is 45.8 Å². The molecule has 1 fully saturated rings. The molecule has 0 atom stereocenters. The fourth-order valence-corrected chi connectivity index (χ4v) is 3.79. The summed E-state index contributed by atoms with van der Waals surface area (Å²) < 4.78 is 0.721. The summed E-state index contributed by atoms with van der Waals surface area (Å²) in [6.07, 6.45) is 5.72. The van der Waals surface area contributed by atoms with Crippen LogP contribution in [0.4, 0.5) is 0 Å². The van der Waals surface area contributed by atoms with E-state index in [1.807, 2.05) is 6.07 Å². The highest BCUT2D eigenvalue weighted by Crippen LogP contribution is 2.44. The van der Waals surface area contributed by atoms with Gasteiger partial charge in [-0.3, -0.25) is 0 Å². The van der Waals surface area contributed by atoms with Crippen LogP contribution in [0.3, 0.4) is 0 Å². The number of nitrogens with zero attached hydrogens (tertiary/aromatic N) is 2. The van der Waals surface area contributed by atoms with Gasteiger partial charge in [0.15, 0.2) is 0 Å². The van der Waals surface area contributed by atoms with Crippen molar-refractivity contribution in [3.63, 3.8) is 0 Å². The molecule has 0 radical (unpaired) electrons. The zero-order chi connectivity index (χ0) is 14.9. The van der Waals surface area contributed by atoms with E-state index < -0.39 is 0 Å². The van der Waals surface area contributed by atoms with Crippen molar-refractivity contribution in [2.24, 2.45) is 0 Å². The predicted molar refractivity (Wildman–Crippen MR) is 95.1 cm³/mol. The first-order valence-corrected chi connectivity index (χ1v) is 8.91. The lowest BCUT2D eigenvalue weighted by Crippen LogP contribution is -2.33. The number of hydrogen-bond donors (Lipinski definition) is 0. The smallest absolute Gasteiger partial charge is 0.147 e. The van der Waals surface area contributed by atoms with Crippen molar-refractivity contribution in [2.45, 2.75) is 37.5 Å². The fraction of sp³-hybridized carbons (Fsp3) is 0.375. The van der Waals surface area contributed by atoms with E-state index in [0.717, 1.165) is 22.2 Å². The second-order valence-corrected chi connectivity index (χ2v) is 7.25. The van der Waals surface area contributed by atoms with E-state index in [-0.39, 0.29) is 5.41 Å². The molecule has 5 heteroatoms. The average molecular weight is 433 g/mol. The molecular weight excluding hydrogens is 418 g/mol. The van der Waals surface area contributed by atoms with Crippen LogP contribution in [0.2, 0.25) is 10.3 Å². The van der Waals surface area contributed by atoms with Gasteiger partial charge in [-0.2, -0.15) is 0 Å². The number of benzene rings is 1. The van der Waals surface area contributed by atoms with E-state index in [4.69, 9.17) is 23.2 Å². The monoisotopic (exact) mass is 432 g/mol. The summed E-state index contributed by atoms with van der Waals surface area (Å²) in [4.78, 5) is 9.14. The van der Waals surface area contributed by atoms with Gasteiger partial charge in [-0.1, -0.05) is 72.8 Å². The Morgan fingerprint density at radius 1 is 0.905 bits per heavy atom. The first-order chi connectivity index (χ1) is 10.1. The van der Waals surface area contributed by atoms with Crippen molar-refractivity contribution in [1.29, 1.82) is 0 Å². The Hall–Kier alpha value is -0.390. The summed E-state index contributed by atoms with van der Waals surface area (Å²) in [6, 6.07) is 10.5. The standard InChI is InChI=1S/C16H15Cl2IN2/c17-13-12(19)14(18)21-15(20-13)16(9-5-2-6-10-16)11-7-3-1-4-8-11/h1,3-4,7-8H,2,5-6,9-10H2. The molecule has 0 bridgehead atoms. The van der Waals surface area contributed by atoms with Gasteiger partial charge in [-0.25, -0.2) is 9.97 Å². The molecule has 0 unspecified atom stereocenters. The maximum atomic E-state index is 6.24. The van der Waals surface area contributed by atoms with Crippen LogP contribution in [-0.2, 0) is 5.41 Å². The van der Waals surface area contributed by atoms with Crippen molar-refractivity contribution in [2.75, 3.05) is 0 Å². The SMILES string of the molecule is Clc1nc(C2(c3ccccc3)CCCCC2)nc(Cl)c1I. The van der Waals surface area contributed by atoms with Crippen LogP contribution < -0.4 is 0 Å².